The van der Waals surface area contributed by atoms with Crippen molar-refractivity contribution in [2.24, 2.45) is 5.10 Å². The lowest BCUT2D eigenvalue weighted by Gasteiger charge is -2.04. The van der Waals surface area contributed by atoms with Crippen LogP contribution < -0.4 is 5.43 Å². The fourth-order valence-corrected chi connectivity index (χ4v) is 1.94. The van der Waals surface area contributed by atoms with Crippen LogP contribution in [0.15, 0.2) is 41.5 Å². The molecule has 0 aliphatic carbocycles. The highest BCUT2D eigenvalue weighted by Crippen LogP contribution is 2.21. The maximum Gasteiger partial charge on any atom is 0.271 e. The van der Waals surface area contributed by atoms with Crippen molar-refractivity contribution in [2.75, 3.05) is 0 Å². The maximum atomic E-state index is 11.8. The molecule has 5 nitrogen and oxygen atoms in total. The van der Waals surface area contributed by atoms with Crippen molar-refractivity contribution in [3.63, 3.8) is 0 Å². The summed E-state index contributed by atoms with van der Waals surface area (Å²) in [5.41, 5.74) is 4.98. The first kappa shape index (κ1) is 14.6. The highest BCUT2D eigenvalue weighted by molar-refractivity contribution is 5.95. The number of phenolic OH excluding ortho intramolecular Hbond substituents is 2. The molecule has 0 aromatic heterocycles. The largest absolute Gasteiger partial charge is 0.508 e. The molecule has 0 radical (unpaired) electrons. The molecule has 2 aromatic rings. The summed E-state index contributed by atoms with van der Waals surface area (Å²) >= 11 is 0. The number of aryl methyl sites for hydroxylation is 2. The maximum absolute atomic E-state index is 11.8. The molecule has 3 N–H and O–H groups in total. The number of hydrazone groups is 1. The molecule has 0 bridgehead atoms. The van der Waals surface area contributed by atoms with Gasteiger partial charge in [-0.2, -0.15) is 5.10 Å². The summed E-state index contributed by atoms with van der Waals surface area (Å²) in [4.78, 5) is 11.8. The van der Waals surface area contributed by atoms with Gasteiger partial charge in [0.15, 0.2) is 0 Å². The summed E-state index contributed by atoms with van der Waals surface area (Å²) in [6.45, 7) is 3.59. The highest BCUT2D eigenvalue weighted by atomic mass is 16.3. The van der Waals surface area contributed by atoms with Crippen LogP contribution in [0.3, 0.4) is 0 Å². The second kappa shape index (κ2) is 6.09. The molecule has 5 heteroatoms. The van der Waals surface area contributed by atoms with Crippen LogP contribution in [0.25, 0.3) is 0 Å². The third-order valence-corrected chi connectivity index (χ3v) is 3.00. The molecule has 0 saturated carbocycles. The van der Waals surface area contributed by atoms with Crippen LogP contribution in [-0.4, -0.2) is 22.3 Å². The second-order valence-corrected chi connectivity index (χ2v) is 4.75. The SMILES string of the molecule is Cc1cc(/C=N/NC(=O)c2cccc(O)c2)cc(C)c1O. The standard InChI is InChI=1S/C16H16N2O3/c1-10-6-12(7-11(2)15(10)20)9-17-18-16(21)13-4-3-5-14(19)8-13/h3-9,19-20H,1-2H3,(H,18,21)/b17-9+. The Labute approximate surface area is 122 Å². The number of hydrogen-bond acceptors (Lipinski definition) is 4. The number of carbonyl (C=O) groups excluding carboxylic acids is 1. The number of nitrogens with zero attached hydrogens (tertiary/aromatic N) is 1. The summed E-state index contributed by atoms with van der Waals surface area (Å²) in [6, 6.07) is 9.56. The Kier molecular flexibility index (Phi) is 4.23. The van der Waals surface area contributed by atoms with Crippen LogP contribution in [0, 0.1) is 13.8 Å². The van der Waals surface area contributed by atoms with Crippen molar-refractivity contribution < 1.29 is 15.0 Å². The third kappa shape index (κ3) is 3.60. The van der Waals surface area contributed by atoms with Gasteiger partial charge in [0.25, 0.3) is 5.91 Å². The third-order valence-electron chi connectivity index (χ3n) is 3.00. The zero-order chi connectivity index (χ0) is 15.4. The molecular formula is C16H16N2O3. The summed E-state index contributed by atoms with van der Waals surface area (Å²) < 4.78 is 0. The van der Waals surface area contributed by atoms with Crippen LogP contribution in [0.1, 0.15) is 27.0 Å². The number of phenols is 2. The molecule has 0 spiro atoms. The van der Waals surface area contributed by atoms with Gasteiger partial charge in [-0.25, -0.2) is 5.43 Å². The summed E-state index contributed by atoms with van der Waals surface area (Å²) in [7, 11) is 0. The Morgan fingerprint density at radius 3 is 2.43 bits per heavy atom. The van der Waals surface area contributed by atoms with E-state index in [-0.39, 0.29) is 11.5 Å². The molecule has 2 rings (SSSR count). The lowest BCUT2D eigenvalue weighted by Crippen LogP contribution is -2.17. The summed E-state index contributed by atoms with van der Waals surface area (Å²) in [5.74, 6) is -0.123. The van der Waals surface area contributed by atoms with Crippen molar-refractivity contribution >= 4 is 12.1 Å². The number of benzene rings is 2. The van der Waals surface area contributed by atoms with Crippen molar-refractivity contribution in [3.8, 4) is 11.5 Å². The minimum Gasteiger partial charge on any atom is -0.508 e. The van der Waals surface area contributed by atoms with E-state index in [2.05, 4.69) is 10.5 Å². The van der Waals surface area contributed by atoms with Crippen LogP contribution in [0.5, 0.6) is 11.5 Å². The Balaban J connectivity index is 2.07. The van der Waals surface area contributed by atoms with Gasteiger partial charge in [0, 0.05) is 5.56 Å². The van der Waals surface area contributed by atoms with Crippen molar-refractivity contribution in [3.05, 3.63) is 58.7 Å². The molecule has 0 unspecified atom stereocenters. The van der Waals surface area contributed by atoms with Gasteiger partial charge in [-0.05, 0) is 60.9 Å². The second-order valence-electron chi connectivity index (χ2n) is 4.75. The summed E-state index contributed by atoms with van der Waals surface area (Å²) in [5, 5.41) is 22.9. The van der Waals surface area contributed by atoms with Gasteiger partial charge in [-0.3, -0.25) is 4.79 Å². The Hall–Kier alpha value is -2.82. The number of aromatic hydroxyl groups is 2. The van der Waals surface area contributed by atoms with E-state index < -0.39 is 5.91 Å². The van der Waals surface area contributed by atoms with Gasteiger partial charge >= 0.3 is 0 Å². The number of rotatable bonds is 3. The van der Waals surface area contributed by atoms with E-state index >= 15 is 0 Å². The fraction of sp³-hybridized carbons (Fsp3) is 0.125. The first-order valence-corrected chi connectivity index (χ1v) is 6.40. The molecule has 0 aliphatic heterocycles. The van der Waals surface area contributed by atoms with Gasteiger partial charge in [0.05, 0.1) is 6.21 Å². The highest BCUT2D eigenvalue weighted by Gasteiger charge is 2.05. The topological polar surface area (TPSA) is 81.9 Å². The van der Waals surface area contributed by atoms with Crippen molar-refractivity contribution in [1.82, 2.24) is 5.43 Å². The van der Waals surface area contributed by atoms with Crippen LogP contribution >= 0.6 is 0 Å². The van der Waals surface area contributed by atoms with Crippen LogP contribution in [-0.2, 0) is 0 Å². The van der Waals surface area contributed by atoms with Crippen molar-refractivity contribution in [1.29, 1.82) is 0 Å². The van der Waals surface area contributed by atoms with Crippen LogP contribution in [0.2, 0.25) is 0 Å². The lowest BCUT2D eigenvalue weighted by molar-refractivity contribution is 0.0954. The molecule has 0 atom stereocenters. The van der Waals surface area contributed by atoms with Crippen molar-refractivity contribution in [2.45, 2.75) is 13.8 Å². The number of nitrogens with one attached hydrogen (secondary N) is 1. The van der Waals surface area contributed by atoms with Gasteiger partial charge in [-0.1, -0.05) is 6.07 Å². The van der Waals surface area contributed by atoms with E-state index in [1.54, 1.807) is 38.1 Å². The van der Waals surface area contributed by atoms with E-state index in [0.29, 0.717) is 5.56 Å². The van der Waals surface area contributed by atoms with E-state index in [4.69, 9.17) is 0 Å². The molecule has 0 heterocycles. The van der Waals surface area contributed by atoms with E-state index in [1.807, 2.05) is 0 Å². The molecule has 1 amide bonds. The lowest BCUT2D eigenvalue weighted by atomic mass is 10.1. The fourth-order valence-electron chi connectivity index (χ4n) is 1.94. The Morgan fingerprint density at radius 1 is 1.14 bits per heavy atom. The quantitative estimate of drug-likeness (QED) is 0.598. The molecule has 2 aromatic carbocycles. The van der Waals surface area contributed by atoms with Gasteiger partial charge in [0.1, 0.15) is 11.5 Å². The van der Waals surface area contributed by atoms with E-state index in [0.717, 1.165) is 16.7 Å². The van der Waals surface area contributed by atoms with Gasteiger partial charge in [-0.15, -0.1) is 0 Å². The van der Waals surface area contributed by atoms with E-state index in [1.165, 1.54) is 18.3 Å². The number of amides is 1. The smallest absolute Gasteiger partial charge is 0.271 e. The molecule has 108 valence electrons. The minimum absolute atomic E-state index is 0.0245. The Morgan fingerprint density at radius 2 is 1.81 bits per heavy atom. The predicted molar refractivity (Wildman–Crippen MR) is 80.7 cm³/mol. The molecule has 21 heavy (non-hydrogen) atoms. The average Bonchev–Trinajstić information content (AvgIpc) is 2.44. The van der Waals surface area contributed by atoms with Gasteiger partial charge in [0.2, 0.25) is 0 Å². The average molecular weight is 284 g/mol. The number of hydrogen-bond donors (Lipinski definition) is 3. The molecular weight excluding hydrogens is 268 g/mol. The molecule has 0 aliphatic rings. The molecule has 0 saturated heterocycles. The first-order valence-electron chi connectivity index (χ1n) is 6.40. The zero-order valence-electron chi connectivity index (χ0n) is 11.8. The Bertz CT molecular complexity index is 685. The van der Waals surface area contributed by atoms with E-state index in [9.17, 15) is 15.0 Å². The van der Waals surface area contributed by atoms with Gasteiger partial charge < -0.3 is 10.2 Å². The monoisotopic (exact) mass is 284 g/mol. The predicted octanol–water partition coefficient (Wildman–Crippen LogP) is 2.48. The molecule has 0 fully saturated rings. The van der Waals surface area contributed by atoms with Crippen LogP contribution in [0.4, 0.5) is 0 Å². The minimum atomic E-state index is -0.408. The first-order chi connectivity index (χ1) is 9.97. The zero-order valence-corrected chi connectivity index (χ0v) is 11.8. The number of carbonyl (C=O) groups is 1. The normalized spacial score (nSPS) is 10.8. The summed E-state index contributed by atoms with van der Waals surface area (Å²) in [6.07, 6.45) is 1.50.